The molecule has 1 aliphatic carbocycles. The first-order valence-corrected chi connectivity index (χ1v) is 6.23. The van der Waals surface area contributed by atoms with Crippen LogP contribution in [-0.2, 0) is 11.2 Å². The summed E-state index contributed by atoms with van der Waals surface area (Å²) in [7, 11) is 0. The zero-order valence-electron chi connectivity index (χ0n) is 9.83. The molecular weight excluding hydrogens is 198 g/mol. The van der Waals surface area contributed by atoms with Crippen LogP contribution in [0.15, 0.2) is 24.3 Å². The minimum atomic E-state index is 0.0646. The zero-order chi connectivity index (χ0) is 11.0. The van der Waals surface area contributed by atoms with E-state index in [1.165, 1.54) is 30.4 Å². The lowest BCUT2D eigenvalue weighted by Crippen LogP contribution is -2.59. The van der Waals surface area contributed by atoms with Gasteiger partial charge in [-0.05, 0) is 37.3 Å². The maximum Gasteiger partial charge on any atom is 0.0910 e. The molecule has 2 aliphatic rings. The Morgan fingerprint density at radius 1 is 1.31 bits per heavy atom. The molecule has 1 fully saturated rings. The van der Waals surface area contributed by atoms with Gasteiger partial charge in [-0.2, -0.15) is 0 Å². The van der Waals surface area contributed by atoms with Crippen molar-refractivity contribution in [2.75, 3.05) is 13.1 Å². The Kier molecular flexibility index (Phi) is 2.49. The fourth-order valence-corrected chi connectivity index (χ4v) is 2.74. The van der Waals surface area contributed by atoms with E-state index in [1.54, 1.807) is 0 Å². The molecule has 1 atom stereocenters. The molecular formula is C14H19NO. The molecule has 0 amide bonds. The zero-order valence-corrected chi connectivity index (χ0v) is 9.83. The fourth-order valence-electron chi connectivity index (χ4n) is 2.74. The first kappa shape index (κ1) is 10.3. The summed E-state index contributed by atoms with van der Waals surface area (Å²) in [5.41, 5.74) is 2.96. The smallest absolute Gasteiger partial charge is 0.0910 e. The molecule has 0 bridgehead atoms. The third-order valence-corrected chi connectivity index (χ3v) is 3.74. The first-order chi connectivity index (χ1) is 7.77. The van der Waals surface area contributed by atoms with Crippen LogP contribution < -0.4 is 5.32 Å². The van der Waals surface area contributed by atoms with Crippen molar-refractivity contribution in [3.05, 3.63) is 35.4 Å². The van der Waals surface area contributed by atoms with Gasteiger partial charge in [-0.15, -0.1) is 0 Å². The topological polar surface area (TPSA) is 21.3 Å². The Labute approximate surface area is 97.0 Å². The van der Waals surface area contributed by atoms with Crippen LogP contribution in [0, 0.1) is 0 Å². The predicted molar refractivity (Wildman–Crippen MR) is 64.5 cm³/mol. The highest BCUT2D eigenvalue weighted by Gasteiger charge is 2.36. The molecule has 1 N–H and O–H groups in total. The van der Waals surface area contributed by atoms with Crippen molar-refractivity contribution >= 4 is 0 Å². The molecule has 0 spiro atoms. The summed E-state index contributed by atoms with van der Waals surface area (Å²) in [6, 6.07) is 8.73. The molecule has 0 aromatic heterocycles. The van der Waals surface area contributed by atoms with Gasteiger partial charge in [-0.3, -0.25) is 0 Å². The van der Waals surface area contributed by atoms with E-state index < -0.39 is 0 Å². The summed E-state index contributed by atoms with van der Waals surface area (Å²) in [5, 5.41) is 3.29. The van der Waals surface area contributed by atoms with Crippen molar-refractivity contribution in [1.29, 1.82) is 0 Å². The Hall–Kier alpha value is -0.860. The maximum absolute atomic E-state index is 6.28. The van der Waals surface area contributed by atoms with Crippen LogP contribution in [0.2, 0.25) is 0 Å². The van der Waals surface area contributed by atoms with E-state index >= 15 is 0 Å². The van der Waals surface area contributed by atoms with Crippen molar-refractivity contribution in [3.63, 3.8) is 0 Å². The van der Waals surface area contributed by atoms with Crippen molar-refractivity contribution in [2.24, 2.45) is 0 Å². The van der Waals surface area contributed by atoms with Gasteiger partial charge in [0.2, 0.25) is 0 Å². The largest absolute Gasteiger partial charge is 0.365 e. The van der Waals surface area contributed by atoms with Gasteiger partial charge in [-0.1, -0.05) is 24.3 Å². The van der Waals surface area contributed by atoms with Crippen LogP contribution in [0.4, 0.5) is 0 Å². The van der Waals surface area contributed by atoms with E-state index in [0.29, 0.717) is 6.10 Å². The van der Waals surface area contributed by atoms with Gasteiger partial charge >= 0.3 is 0 Å². The normalized spacial score (nSPS) is 26.9. The van der Waals surface area contributed by atoms with Crippen LogP contribution in [0.3, 0.4) is 0 Å². The lowest BCUT2D eigenvalue weighted by atomic mass is 9.88. The van der Waals surface area contributed by atoms with Crippen LogP contribution in [0.25, 0.3) is 0 Å². The Morgan fingerprint density at radius 2 is 2.12 bits per heavy atom. The lowest BCUT2D eigenvalue weighted by Gasteiger charge is -2.43. The standard InChI is InChI=1S/C14H19NO/c1-14(9-15-10-14)16-13-8-4-6-11-5-2-3-7-12(11)13/h2-3,5,7,13,15H,4,6,8-10H2,1H3. The molecule has 3 rings (SSSR count). The molecule has 1 aromatic carbocycles. The molecule has 1 heterocycles. The highest BCUT2D eigenvalue weighted by atomic mass is 16.5. The third kappa shape index (κ3) is 1.76. The van der Waals surface area contributed by atoms with E-state index in [0.717, 1.165) is 13.1 Å². The summed E-state index contributed by atoms with van der Waals surface area (Å²) in [6.45, 7) is 4.19. The molecule has 1 unspecified atom stereocenters. The number of aryl methyl sites for hydroxylation is 1. The molecule has 0 radical (unpaired) electrons. The van der Waals surface area contributed by atoms with Crippen LogP contribution in [-0.4, -0.2) is 18.7 Å². The number of fused-ring (bicyclic) bond motifs is 1. The summed E-state index contributed by atoms with van der Waals surface area (Å²) < 4.78 is 6.28. The molecule has 2 nitrogen and oxygen atoms in total. The molecule has 86 valence electrons. The van der Waals surface area contributed by atoms with Crippen molar-refractivity contribution in [2.45, 2.75) is 37.9 Å². The number of nitrogens with one attached hydrogen (secondary N) is 1. The average Bonchev–Trinajstić information content (AvgIpc) is 2.27. The second-order valence-corrected chi connectivity index (χ2v) is 5.25. The fraction of sp³-hybridized carbons (Fsp3) is 0.571. The molecule has 16 heavy (non-hydrogen) atoms. The van der Waals surface area contributed by atoms with Gasteiger partial charge in [-0.25, -0.2) is 0 Å². The maximum atomic E-state index is 6.28. The van der Waals surface area contributed by atoms with Crippen LogP contribution in [0.1, 0.15) is 37.0 Å². The van der Waals surface area contributed by atoms with Gasteiger partial charge in [0.15, 0.2) is 0 Å². The number of hydrogen-bond acceptors (Lipinski definition) is 2. The van der Waals surface area contributed by atoms with Crippen LogP contribution in [0.5, 0.6) is 0 Å². The number of rotatable bonds is 2. The molecule has 2 heteroatoms. The predicted octanol–water partition coefficient (Wildman–Crippen LogP) is 2.44. The Balaban J connectivity index is 1.81. The van der Waals surface area contributed by atoms with Gasteiger partial charge in [0, 0.05) is 13.1 Å². The molecule has 1 aliphatic heterocycles. The SMILES string of the molecule is CC1(OC2CCCc3ccccc32)CNC1. The van der Waals surface area contributed by atoms with E-state index in [1.807, 2.05) is 0 Å². The highest BCUT2D eigenvalue weighted by Crippen LogP contribution is 2.36. The van der Waals surface area contributed by atoms with E-state index in [9.17, 15) is 0 Å². The van der Waals surface area contributed by atoms with Crippen molar-refractivity contribution in [3.8, 4) is 0 Å². The summed E-state index contributed by atoms with van der Waals surface area (Å²) >= 11 is 0. The number of ether oxygens (including phenoxy) is 1. The number of benzene rings is 1. The number of hydrogen-bond donors (Lipinski definition) is 1. The van der Waals surface area contributed by atoms with E-state index in [-0.39, 0.29) is 5.60 Å². The second-order valence-electron chi connectivity index (χ2n) is 5.25. The summed E-state index contributed by atoms with van der Waals surface area (Å²) in [6.07, 6.45) is 3.96. The van der Waals surface area contributed by atoms with Gasteiger partial charge in [0.25, 0.3) is 0 Å². The van der Waals surface area contributed by atoms with Gasteiger partial charge in [0.1, 0.15) is 0 Å². The van der Waals surface area contributed by atoms with Crippen LogP contribution >= 0.6 is 0 Å². The quantitative estimate of drug-likeness (QED) is 0.821. The average molecular weight is 217 g/mol. The summed E-state index contributed by atoms with van der Waals surface area (Å²) in [5.74, 6) is 0. The summed E-state index contributed by atoms with van der Waals surface area (Å²) in [4.78, 5) is 0. The van der Waals surface area contributed by atoms with Crippen molar-refractivity contribution < 1.29 is 4.74 Å². The van der Waals surface area contributed by atoms with Gasteiger partial charge < -0.3 is 10.1 Å². The second kappa shape index (κ2) is 3.86. The van der Waals surface area contributed by atoms with Crippen molar-refractivity contribution in [1.82, 2.24) is 5.32 Å². The Morgan fingerprint density at radius 3 is 2.88 bits per heavy atom. The minimum Gasteiger partial charge on any atom is -0.365 e. The third-order valence-electron chi connectivity index (χ3n) is 3.74. The lowest BCUT2D eigenvalue weighted by molar-refractivity contribution is -0.118. The molecule has 1 aromatic rings. The molecule has 1 saturated heterocycles. The van der Waals surface area contributed by atoms with E-state index in [2.05, 4.69) is 36.5 Å². The Bertz CT molecular complexity index is 384. The van der Waals surface area contributed by atoms with E-state index in [4.69, 9.17) is 4.74 Å². The monoisotopic (exact) mass is 217 g/mol. The minimum absolute atomic E-state index is 0.0646. The van der Waals surface area contributed by atoms with Gasteiger partial charge in [0.05, 0.1) is 11.7 Å². The molecule has 0 saturated carbocycles. The highest BCUT2D eigenvalue weighted by molar-refractivity contribution is 5.31. The first-order valence-electron chi connectivity index (χ1n) is 6.23.